The Balaban J connectivity index is 1.79. The molecular weight excluding hydrogens is 336 g/mol. The number of hydrogen-bond acceptors (Lipinski definition) is 2. The summed E-state index contributed by atoms with van der Waals surface area (Å²) in [6.07, 6.45) is 4.44. The molecule has 1 N–H and O–H groups in total. The van der Waals surface area contributed by atoms with Crippen LogP contribution in [-0.2, 0) is 10.8 Å². The van der Waals surface area contributed by atoms with Gasteiger partial charge in [0.1, 0.15) is 12.4 Å². The molecule has 140 valence electrons. The predicted molar refractivity (Wildman–Crippen MR) is 108 cm³/mol. The molecule has 1 aliphatic carbocycles. The maximum absolute atomic E-state index is 11.3. The zero-order chi connectivity index (χ0) is 19.4. The standard InChI is InChI=1S/C24H26O3/c1-23(2)9-10-24(3,4)20-13-15(5-7-19(20)23)18-12-17-11-16(22(25)26)6-8-21(17)27-14-18/h5-8,11-13H,9-10,14H2,1-4H3,(H,25,26). The third-order valence-electron chi connectivity index (χ3n) is 6.19. The number of aromatic carboxylic acids is 1. The van der Waals surface area contributed by atoms with Gasteiger partial charge in [0.25, 0.3) is 0 Å². The largest absolute Gasteiger partial charge is 0.488 e. The second kappa shape index (κ2) is 5.98. The number of carboxylic acids is 1. The van der Waals surface area contributed by atoms with Gasteiger partial charge >= 0.3 is 5.97 Å². The highest BCUT2D eigenvalue weighted by molar-refractivity contribution is 5.92. The Bertz CT molecular complexity index is 964. The second-order valence-corrected chi connectivity index (χ2v) is 9.04. The maximum atomic E-state index is 11.3. The lowest BCUT2D eigenvalue weighted by atomic mass is 9.63. The van der Waals surface area contributed by atoms with Crippen molar-refractivity contribution in [3.05, 3.63) is 64.2 Å². The van der Waals surface area contributed by atoms with Gasteiger partial charge in [0, 0.05) is 5.56 Å². The molecule has 0 saturated carbocycles. The van der Waals surface area contributed by atoms with Crippen LogP contribution in [0.5, 0.6) is 5.75 Å². The molecule has 1 aliphatic heterocycles. The summed E-state index contributed by atoms with van der Waals surface area (Å²) in [6.45, 7) is 9.80. The van der Waals surface area contributed by atoms with Crippen LogP contribution in [0.25, 0.3) is 11.6 Å². The van der Waals surface area contributed by atoms with Gasteiger partial charge in [-0.25, -0.2) is 4.79 Å². The summed E-state index contributed by atoms with van der Waals surface area (Å²) in [6, 6.07) is 11.8. The van der Waals surface area contributed by atoms with Gasteiger partial charge in [0.05, 0.1) is 5.56 Å². The molecule has 0 fully saturated rings. The molecule has 0 radical (unpaired) electrons. The van der Waals surface area contributed by atoms with Crippen LogP contribution in [0.3, 0.4) is 0 Å². The van der Waals surface area contributed by atoms with Gasteiger partial charge in [-0.2, -0.15) is 0 Å². The molecule has 2 aliphatic rings. The number of ether oxygens (including phenoxy) is 1. The van der Waals surface area contributed by atoms with E-state index in [9.17, 15) is 9.90 Å². The number of benzene rings is 2. The molecule has 0 spiro atoms. The lowest BCUT2D eigenvalue weighted by Gasteiger charge is -2.42. The van der Waals surface area contributed by atoms with Crippen molar-refractivity contribution in [2.45, 2.75) is 51.4 Å². The third-order valence-corrected chi connectivity index (χ3v) is 6.19. The lowest BCUT2D eigenvalue weighted by molar-refractivity contribution is 0.0697. The average molecular weight is 362 g/mol. The molecule has 0 aromatic heterocycles. The summed E-state index contributed by atoms with van der Waals surface area (Å²) in [4.78, 5) is 11.3. The molecule has 0 atom stereocenters. The Kier molecular flexibility index (Phi) is 3.95. The topological polar surface area (TPSA) is 46.5 Å². The monoisotopic (exact) mass is 362 g/mol. The van der Waals surface area contributed by atoms with Crippen molar-refractivity contribution in [3.8, 4) is 5.75 Å². The third kappa shape index (κ3) is 3.05. The van der Waals surface area contributed by atoms with Crippen LogP contribution in [0.15, 0.2) is 36.4 Å². The van der Waals surface area contributed by atoms with Crippen molar-refractivity contribution in [2.24, 2.45) is 0 Å². The number of hydrogen-bond donors (Lipinski definition) is 1. The van der Waals surface area contributed by atoms with Gasteiger partial charge in [0.15, 0.2) is 0 Å². The first-order valence-corrected chi connectivity index (χ1v) is 9.53. The normalized spacial score (nSPS) is 19.3. The zero-order valence-corrected chi connectivity index (χ0v) is 16.4. The maximum Gasteiger partial charge on any atom is 0.335 e. The minimum atomic E-state index is -0.920. The van der Waals surface area contributed by atoms with E-state index in [-0.39, 0.29) is 16.4 Å². The molecule has 27 heavy (non-hydrogen) atoms. The molecule has 2 aromatic rings. The van der Waals surface area contributed by atoms with Gasteiger partial charge in [-0.3, -0.25) is 0 Å². The van der Waals surface area contributed by atoms with E-state index < -0.39 is 5.97 Å². The number of fused-ring (bicyclic) bond motifs is 2. The van der Waals surface area contributed by atoms with Crippen molar-refractivity contribution in [1.29, 1.82) is 0 Å². The van der Waals surface area contributed by atoms with Crippen LogP contribution in [0.2, 0.25) is 0 Å². The molecule has 0 bridgehead atoms. The van der Waals surface area contributed by atoms with Crippen LogP contribution in [0.1, 0.15) is 73.1 Å². The van der Waals surface area contributed by atoms with Gasteiger partial charge in [0.2, 0.25) is 0 Å². The minimum absolute atomic E-state index is 0.158. The second-order valence-electron chi connectivity index (χ2n) is 9.04. The molecule has 1 heterocycles. The van der Waals surface area contributed by atoms with E-state index in [1.807, 2.05) is 0 Å². The van der Waals surface area contributed by atoms with Gasteiger partial charge in [-0.1, -0.05) is 45.9 Å². The van der Waals surface area contributed by atoms with Crippen molar-refractivity contribution >= 4 is 17.6 Å². The summed E-state index contributed by atoms with van der Waals surface area (Å²) < 4.78 is 5.90. The average Bonchev–Trinajstić information content (AvgIpc) is 2.64. The fourth-order valence-corrected chi connectivity index (χ4v) is 4.27. The van der Waals surface area contributed by atoms with Crippen molar-refractivity contribution in [1.82, 2.24) is 0 Å². The summed E-state index contributed by atoms with van der Waals surface area (Å²) >= 11 is 0. The number of rotatable bonds is 2. The first-order valence-electron chi connectivity index (χ1n) is 9.53. The van der Waals surface area contributed by atoms with E-state index in [0.29, 0.717) is 6.61 Å². The Morgan fingerprint density at radius 3 is 2.37 bits per heavy atom. The molecule has 0 saturated heterocycles. The van der Waals surface area contributed by atoms with Crippen LogP contribution in [-0.4, -0.2) is 17.7 Å². The van der Waals surface area contributed by atoms with Gasteiger partial charge in [-0.15, -0.1) is 0 Å². The quantitative estimate of drug-likeness (QED) is 0.749. The smallest absolute Gasteiger partial charge is 0.335 e. The van der Waals surface area contributed by atoms with Crippen molar-refractivity contribution in [3.63, 3.8) is 0 Å². The van der Waals surface area contributed by atoms with E-state index in [1.165, 1.54) is 24.0 Å². The molecule has 2 aromatic carbocycles. The number of carboxylic acid groups (broad SMARTS) is 1. The number of carbonyl (C=O) groups is 1. The molecular formula is C24H26O3. The zero-order valence-electron chi connectivity index (χ0n) is 16.4. The van der Waals surface area contributed by atoms with Crippen LogP contribution in [0, 0.1) is 0 Å². The fourth-order valence-electron chi connectivity index (χ4n) is 4.27. The van der Waals surface area contributed by atoms with Crippen LogP contribution in [0.4, 0.5) is 0 Å². The summed E-state index contributed by atoms with van der Waals surface area (Å²) in [5, 5.41) is 9.25. The van der Waals surface area contributed by atoms with E-state index in [4.69, 9.17) is 4.74 Å². The van der Waals surface area contributed by atoms with Crippen LogP contribution >= 0.6 is 0 Å². The molecule has 3 heteroatoms. The SMILES string of the molecule is CC1(C)CCC(C)(C)c2cc(C3=Cc4cc(C(=O)O)ccc4OC3)ccc21. The highest BCUT2D eigenvalue weighted by atomic mass is 16.5. The van der Waals surface area contributed by atoms with Crippen LogP contribution < -0.4 is 4.74 Å². The van der Waals surface area contributed by atoms with E-state index >= 15 is 0 Å². The van der Waals surface area contributed by atoms with Gasteiger partial charge in [-0.05, 0) is 70.2 Å². The van der Waals surface area contributed by atoms with E-state index in [0.717, 1.165) is 22.4 Å². The Labute approximate surface area is 160 Å². The first kappa shape index (κ1) is 17.8. The van der Waals surface area contributed by atoms with E-state index in [2.05, 4.69) is 52.0 Å². The van der Waals surface area contributed by atoms with Crippen molar-refractivity contribution < 1.29 is 14.6 Å². The summed E-state index contributed by atoms with van der Waals surface area (Å²) in [7, 11) is 0. The first-order chi connectivity index (χ1) is 12.7. The van der Waals surface area contributed by atoms with Crippen molar-refractivity contribution in [2.75, 3.05) is 6.61 Å². The van der Waals surface area contributed by atoms with E-state index in [1.54, 1.807) is 18.2 Å². The summed E-state index contributed by atoms with van der Waals surface area (Å²) in [5.74, 6) is -0.181. The minimum Gasteiger partial charge on any atom is -0.488 e. The molecule has 4 rings (SSSR count). The Morgan fingerprint density at radius 2 is 1.67 bits per heavy atom. The Hall–Kier alpha value is -2.55. The predicted octanol–water partition coefficient (Wildman–Crippen LogP) is 5.67. The fraction of sp³-hybridized carbons (Fsp3) is 0.375. The van der Waals surface area contributed by atoms with Gasteiger partial charge < -0.3 is 9.84 Å². The highest BCUT2D eigenvalue weighted by Gasteiger charge is 2.37. The molecule has 0 unspecified atom stereocenters. The Morgan fingerprint density at radius 1 is 0.963 bits per heavy atom. The molecule has 0 amide bonds. The lowest BCUT2D eigenvalue weighted by Crippen LogP contribution is -2.33. The summed E-state index contributed by atoms with van der Waals surface area (Å²) in [5.41, 5.74) is 6.57. The molecule has 3 nitrogen and oxygen atoms in total. The highest BCUT2D eigenvalue weighted by Crippen LogP contribution is 2.46.